The van der Waals surface area contributed by atoms with Crippen LogP contribution in [0.15, 0.2) is 72.9 Å². The first kappa shape index (κ1) is 56.3. The molecular formula is C53H93NO5. The first-order valence-electron chi connectivity index (χ1n) is 24.7. The molecule has 3 unspecified atom stereocenters. The number of rotatable bonds is 43. The third kappa shape index (κ3) is 41.8. The second-order valence-corrected chi connectivity index (χ2v) is 16.5. The van der Waals surface area contributed by atoms with E-state index in [0.717, 1.165) is 103 Å². The van der Waals surface area contributed by atoms with Crippen LogP contribution < -0.4 is 5.32 Å². The Morgan fingerprint density at radius 1 is 0.525 bits per heavy atom. The quantitative estimate of drug-likeness (QED) is 0.0246. The number of aliphatic hydroxyl groups is 2. The zero-order valence-electron chi connectivity index (χ0n) is 38.6. The summed E-state index contributed by atoms with van der Waals surface area (Å²) in [5.41, 5.74) is 0. The number of hydrogen-bond acceptors (Lipinski definition) is 5. The second kappa shape index (κ2) is 46.4. The van der Waals surface area contributed by atoms with E-state index >= 15 is 0 Å². The SMILES string of the molecule is CC/C=C/C=C/C=C\CCCCCCCC(=O)OC(CCCC/C=C/C/C=C/C/C=C/CC)CC(=O)NC(CO)C(O)CCCCCCCCCCCCCCCCC. The van der Waals surface area contributed by atoms with Gasteiger partial charge in [0, 0.05) is 6.42 Å². The molecule has 340 valence electrons. The van der Waals surface area contributed by atoms with Crippen LogP contribution in [0.3, 0.4) is 0 Å². The average Bonchev–Trinajstić information content (AvgIpc) is 3.23. The zero-order chi connectivity index (χ0) is 43.1. The highest BCUT2D eigenvalue weighted by Crippen LogP contribution is 2.17. The number of allylic oxidation sites excluding steroid dienone is 12. The number of esters is 1. The highest BCUT2D eigenvalue weighted by molar-refractivity contribution is 5.77. The van der Waals surface area contributed by atoms with E-state index in [4.69, 9.17) is 4.74 Å². The van der Waals surface area contributed by atoms with E-state index in [1.54, 1.807) is 0 Å². The smallest absolute Gasteiger partial charge is 0.306 e. The molecule has 0 aliphatic rings. The summed E-state index contributed by atoms with van der Waals surface area (Å²) in [6.45, 7) is 6.22. The highest BCUT2D eigenvalue weighted by Gasteiger charge is 2.24. The predicted molar refractivity (Wildman–Crippen MR) is 255 cm³/mol. The molecule has 59 heavy (non-hydrogen) atoms. The van der Waals surface area contributed by atoms with Crippen LogP contribution >= 0.6 is 0 Å². The Kier molecular flexibility index (Phi) is 44.2. The van der Waals surface area contributed by atoms with Gasteiger partial charge in [-0.15, -0.1) is 0 Å². The molecule has 3 N–H and O–H groups in total. The first-order chi connectivity index (χ1) is 29.0. The van der Waals surface area contributed by atoms with Crippen molar-refractivity contribution in [3.8, 4) is 0 Å². The lowest BCUT2D eigenvalue weighted by Crippen LogP contribution is -2.46. The maximum absolute atomic E-state index is 13.2. The van der Waals surface area contributed by atoms with Crippen LogP contribution in [0.2, 0.25) is 0 Å². The number of hydrogen-bond donors (Lipinski definition) is 3. The van der Waals surface area contributed by atoms with Crippen molar-refractivity contribution >= 4 is 11.9 Å². The molecule has 1 amide bonds. The molecule has 0 aliphatic heterocycles. The molecule has 0 aromatic carbocycles. The van der Waals surface area contributed by atoms with Gasteiger partial charge < -0.3 is 20.3 Å². The largest absolute Gasteiger partial charge is 0.462 e. The molecule has 0 saturated carbocycles. The fourth-order valence-electron chi connectivity index (χ4n) is 7.15. The Morgan fingerprint density at radius 2 is 1.00 bits per heavy atom. The van der Waals surface area contributed by atoms with Gasteiger partial charge in [0.25, 0.3) is 0 Å². The Balaban J connectivity index is 4.62. The van der Waals surface area contributed by atoms with E-state index in [0.29, 0.717) is 19.3 Å². The summed E-state index contributed by atoms with van der Waals surface area (Å²) in [5.74, 6) is -0.540. The minimum atomic E-state index is -0.804. The fourth-order valence-corrected chi connectivity index (χ4v) is 7.15. The third-order valence-electron chi connectivity index (χ3n) is 10.8. The van der Waals surface area contributed by atoms with Crippen molar-refractivity contribution in [2.75, 3.05) is 6.61 Å². The summed E-state index contributed by atoms with van der Waals surface area (Å²) in [7, 11) is 0. The van der Waals surface area contributed by atoms with Crippen LogP contribution in [-0.4, -0.2) is 46.9 Å². The molecule has 6 nitrogen and oxygen atoms in total. The van der Waals surface area contributed by atoms with Gasteiger partial charge in [-0.1, -0.05) is 209 Å². The van der Waals surface area contributed by atoms with E-state index in [1.165, 1.54) is 77.0 Å². The summed E-state index contributed by atoms with van der Waals surface area (Å²) >= 11 is 0. The number of nitrogens with one attached hydrogen (secondary N) is 1. The minimum Gasteiger partial charge on any atom is -0.462 e. The van der Waals surface area contributed by atoms with E-state index in [1.807, 2.05) is 0 Å². The molecule has 6 heteroatoms. The first-order valence-corrected chi connectivity index (χ1v) is 24.7. The predicted octanol–water partition coefficient (Wildman–Crippen LogP) is 14.6. The van der Waals surface area contributed by atoms with Gasteiger partial charge >= 0.3 is 5.97 Å². The van der Waals surface area contributed by atoms with Gasteiger partial charge in [-0.2, -0.15) is 0 Å². The molecule has 0 fully saturated rings. The third-order valence-corrected chi connectivity index (χ3v) is 10.8. The Labute approximate surface area is 364 Å². The molecule has 3 atom stereocenters. The molecule has 0 saturated heterocycles. The highest BCUT2D eigenvalue weighted by atomic mass is 16.5. The molecule has 0 rings (SSSR count). The molecular weight excluding hydrogens is 731 g/mol. The topological polar surface area (TPSA) is 95.9 Å². The fraction of sp³-hybridized carbons (Fsp3) is 0.736. The van der Waals surface area contributed by atoms with E-state index in [-0.39, 0.29) is 24.9 Å². The number of carbonyl (C=O) groups excluding carboxylic acids is 2. The Bertz CT molecular complexity index is 1110. The average molecular weight is 824 g/mol. The number of carbonyl (C=O) groups is 2. The number of amides is 1. The molecule has 0 spiro atoms. The summed E-state index contributed by atoms with van der Waals surface area (Å²) < 4.78 is 5.89. The van der Waals surface area contributed by atoms with Gasteiger partial charge in [-0.25, -0.2) is 0 Å². The molecule has 0 aromatic rings. The van der Waals surface area contributed by atoms with Gasteiger partial charge in [0.1, 0.15) is 6.10 Å². The van der Waals surface area contributed by atoms with Crippen LogP contribution in [-0.2, 0) is 14.3 Å². The second-order valence-electron chi connectivity index (χ2n) is 16.5. The lowest BCUT2D eigenvalue weighted by molar-refractivity contribution is -0.151. The number of ether oxygens (including phenoxy) is 1. The normalized spacial score (nSPS) is 13.9. The summed E-state index contributed by atoms with van der Waals surface area (Å²) in [5, 5.41) is 23.7. The number of aliphatic hydroxyl groups excluding tert-OH is 2. The van der Waals surface area contributed by atoms with Gasteiger partial charge in [0.15, 0.2) is 0 Å². The maximum atomic E-state index is 13.2. The lowest BCUT2D eigenvalue weighted by atomic mass is 10.0. The molecule has 0 aliphatic carbocycles. The van der Waals surface area contributed by atoms with Crippen molar-refractivity contribution in [2.24, 2.45) is 0 Å². The molecule has 0 radical (unpaired) electrons. The van der Waals surface area contributed by atoms with Crippen LogP contribution in [0.5, 0.6) is 0 Å². The van der Waals surface area contributed by atoms with Gasteiger partial charge in [-0.05, 0) is 77.0 Å². The van der Waals surface area contributed by atoms with Crippen molar-refractivity contribution in [1.82, 2.24) is 5.32 Å². The van der Waals surface area contributed by atoms with Gasteiger partial charge in [-0.3, -0.25) is 9.59 Å². The maximum Gasteiger partial charge on any atom is 0.306 e. The van der Waals surface area contributed by atoms with Gasteiger partial charge in [0.05, 0.1) is 25.2 Å². The molecule has 0 aromatic heterocycles. The van der Waals surface area contributed by atoms with Crippen LogP contribution in [0.25, 0.3) is 0 Å². The Morgan fingerprint density at radius 3 is 1.59 bits per heavy atom. The van der Waals surface area contributed by atoms with Crippen molar-refractivity contribution < 1.29 is 24.5 Å². The van der Waals surface area contributed by atoms with E-state index < -0.39 is 18.2 Å². The molecule has 0 bridgehead atoms. The zero-order valence-corrected chi connectivity index (χ0v) is 38.6. The number of unbranched alkanes of at least 4 members (excludes halogenated alkanes) is 21. The van der Waals surface area contributed by atoms with Crippen LogP contribution in [0.1, 0.15) is 226 Å². The van der Waals surface area contributed by atoms with Crippen molar-refractivity contribution in [3.63, 3.8) is 0 Å². The Hall–Kier alpha value is -2.70. The van der Waals surface area contributed by atoms with Crippen LogP contribution in [0, 0.1) is 0 Å². The van der Waals surface area contributed by atoms with Crippen molar-refractivity contribution in [2.45, 2.75) is 244 Å². The van der Waals surface area contributed by atoms with Crippen molar-refractivity contribution in [1.29, 1.82) is 0 Å². The molecule has 0 heterocycles. The lowest BCUT2D eigenvalue weighted by Gasteiger charge is -2.24. The van der Waals surface area contributed by atoms with Crippen molar-refractivity contribution in [3.05, 3.63) is 72.9 Å². The van der Waals surface area contributed by atoms with Gasteiger partial charge in [0.2, 0.25) is 5.91 Å². The minimum absolute atomic E-state index is 0.0403. The van der Waals surface area contributed by atoms with E-state index in [9.17, 15) is 19.8 Å². The monoisotopic (exact) mass is 824 g/mol. The standard InChI is InChI=1S/C53H93NO5/c1-4-7-10-13-16-19-22-25-26-28-30-33-36-39-42-45-51(56)50(48-55)54-52(57)47-49(44-41-38-35-32-29-24-21-18-15-12-9-6-3)59-53(58)46-43-40-37-34-31-27-23-20-17-14-11-8-5-2/h8-9,11-12,14,17-18,20-21,23,29,32,49-51,55-56H,4-7,10,13,15-16,19,22,24-28,30-31,33-48H2,1-3H3,(H,54,57)/b11-8+,12-9+,17-14+,21-18+,23-20-,32-29+. The van der Waals surface area contributed by atoms with Crippen LogP contribution in [0.4, 0.5) is 0 Å². The van der Waals surface area contributed by atoms with E-state index in [2.05, 4.69) is 99.0 Å². The summed E-state index contributed by atoms with van der Waals surface area (Å²) in [4.78, 5) is 26.1. The summed E-state index contributed by atoms with van der Waals surface area (Å²) in [6.07, 6.45) is 58.2. The summed E-state index contributed by atoms with van der Waals surface area (Å²) in [6, 6.07) is -0.720.